The van der Waals surface area contributed by atoms with Gasteiger partial charge in [0.25, 0.3) is 0 Å². The quantitative estimate of drug-likeness (QED) is 0.519. The van der Waals surface area contributed by atoms with Crippen LogP contribution in [0.2, 0.25) is 0 Å². The number of hydrogen-bond donors (Lipinski definition) is 0. The molecule has 0 unspecified atom stereocenters. The molecule has 0 amide bonds. The average Bonchev–Trinajstić information content (AvgIpc) is 1.50. The fraction of sp³-hybridized carbons (Fsp3) is 0. The Labute approximate surface area is 58.0 Å². The standard InChI is InChI=1S/Fe.Ni.2O.Zn. The number of rotatable bonds is 0. The van der Waals surface area contributed by atoms with Crippen molar-refractivity contribution in [3.63, 3.8) is 0 Å². The maximum atomic E-state index is 8.38. The summed E-state index contributed by atoms with van der Waals surface area (Å²) in [6.07, 6.45) is 0. The molecule has 0 aromatic rings. The summed E-state index contributed by atoms with van der Waals surface area (Å²) in [6.45, 7) is 0. The molecule has 5 heavy (non-hydrogen) atoms. The van der Waals surface area contributed by atoms with E-state index in [1.165, 1.54) is 0 Å². The van der Waals surface area contributed by atoms with Gasteiger partial charge in [-0.05, 0) is 0 Å². The van der Waals surface area contributed by atoms with Crippen molar-refractivity contribution in [3.8, 4) is 0 Å². The molecule has 0 N–H and O–H groups in total. The van der Waals surface area contributed by atoms with Crippen LogP contribution in [0.1, 0.15) is 0 Å². The van der Waals surface area contributed by atoms with E-state index < -0.39 is 0 Å². The molecular formula is FeNiO2Zn. The predicted octanol–water partition coefficient (Wildman–Crippen LogP) is -0.245. The minimum absolute atomic E-state index is 0. The summed E-state index contributed by atoms with van der Waals surface area (Å²) < 4.78 is 16.2. The van der Waals surface area contributed by atoms with Gasteiger partial charge in [0, 0.05) is 17.1 Å². The van der Waals surface area contributed by atoms with Gasteiger partial charge in [-0.2, -0.15) is 0 Å². The Morgan fingerprint density at radius 3 is 1.20 bits per heavy atom. The summed E-state index contributed by atoms with van der Waals surface area (Å²) in [5, 5.41) is 0. The molecule has 0 fully saturated rings. The molecule has 0 aliphatic heterocycles. The van der Waals surface area contributed by atoms with Crippen LogP contribution in [-0.2, 0) is 58.2 Å². The molecule has 0 aliphatic rings. The third-order valence-electron chi connectivity index (χ3n) is 0. The molecule has 32 valence electrons. The van der Waals surface area contributed by atoms with Gasteiger partial charge in [-0.15, -0.1) is 0 Å². The zero-order valence-corrected chi connectivity index (χ0v) is 7.25. The first kappa shape index (κ1) is 16.3. The maximum absolute atomic E-state index is 8.38. The molecule has 2 nitrogen and oxygen atoms in total. The fourth-order valence-corrected chi connectivity index (χ4v) is 0. The Kier molecular flexibility index (Phi) is 201. The van der Waals surface area contributed by atoms with Gasteiger partial charge < -0.3 is 0 Å². The summed E-state index contributed by atoms with van der Waals surface area (Å²) in [4.78, 5) is 0. The Morgan fingerprint density at radius 1 is 1.20 bits per heavy atom. The first-order valence-electron chi connectivity index (χ1n) is 0.418. The van der Waals surface area contributed by atoms with E-state index in [4.69, 9.17) is 7.47 Å². The Morgan fingerprint density at radius 2 is 1.20 bits per heavy atom. The van der Waals surface area contributed by atoms with Crippen molar-refractivity contribution in [1.29, 1.82) is 0 Å². The second kappa shape index (κ2) is 61.5. The average molecular weight is 212 g/mol. The third kappa shape index (κ3) is 35.9. The van der Waals surface area contributed by atoms with E-state index in [1.807, 2.05) is 0 Å². The van der Waals surface area contributed by atoms with Gasteiger partial charge in [0.1, 0.15) is 0 Å². The van der Waals surface area contributed by atoms with E-state index >= 15 is 0 Å². The van der Waals surface area contributed by atoms with Crippen molar-refractivity contribution >= 4 is 0 Å². The van der Waals surface area contributed by atoms with Crippen molar-refractivity contribution < 1.29 is 58.2 Å². The minimum atomic E-state index is 0. The van der Waals surface area contributed by atoms with Crippen molar-refractivity contribution in [3.05, 3.63) is 0 Å². The van der Waals surface area contributed by atoms with Crippen LogP contribution in [0, 0.1) is 0 Å². The van der Waals surface area contributed by atoms with Gasteiger partial charge in [-0.3, -0.25) is 0 Å². The summed E-state index contributed by atoms with van der Waals surface area (Å²) in [6, 6.07) is 0. The van der Waals surface area contributed by atoms with Crippen molar-refractivity contribution in [1.82, 2.24) is 0 Å². The van der Waals surface area contributed by atoms with Gasteiger partial charge in [0.15, 0.2) is 0 Å². The van der Waals surface area contributed by atoms with Crippen LogP contribution < -0.4 is 0 Å². The normalized spacial score (nSPS) is 2.40. The van der Waals surface area contributed by atoms with E-state index in [2.05, 4.69) is 15.4 Å². The molecule has 0 aromatic heterocycles. The Balaban J connectivity index is -0.0000000133. The van der Waals surface area contributed by atoms with Gasteiger partial charge in [0.2, 0.25) is 0 Å². The van der Waals surface area contributed by atoms with Crippen LogP contribution in [0.15, 0.2) is 0 Å². The molecule has 0 spiro atoms. The van der Waals surface area contributed by atoms with Crippen molar-refractivity contribution in [2.24, 2.45) is 0 Å². The molecule has 0 heterocycles. The summed E-state index contributed by atoms with van der Waals surface area (Å²) >= 11 is 2.75. The second-order valence-electron chi connectivity index (χ2n) is 0. The first-order chi connectivity index (χ1) is 2.00. The van der Waals surface area contributed by atoms with E-state index in [0.29, 0.717) is 0 Å². The molecule has 0 rings (SSSR count). The van der Waals surface area contributed by atoms with Crippen LogP contribution in [0.5, 0.6) is 0 Å². The van der Waals surface area contributed by atoms with Crippen LogP contribution >= 0.6 is 0 Å². The van der Waals surface area contributed by atoms with Gasteiger partial charge >= 0.3 is 41.1 Å². The van der Waals surface area contributed by atoms with Gasteiger partial charge in [-0.1, -0.05) is 0 Å². The van der Waals surface area contributed by atoms with Crippen LogP contribution in [0.25, 0.3) is 0 Å². The molecule has 0 aliphatic carbocycles. The first-order valence-corrected chi connectivity index (χ1v) is 2.03. The van der Waals surface area contributed by atoms with Gasteiger partial charge in [-0.25, -0.2) is 0 Å². The topological polar surface area (TPSA) is 34.1 Å². The predicted molar refractivity (Wildman–Crippen MR) is 1.37 cm³/mol. The van der Waals surface area contributed by atoms with Crippen molar-refractivity contribution in [2.45, 2.75) is 0 Å². The SMILES string of the molecule is [Fe].[O]=[Ni].[O]=[Zn]. The third-order valence-corrected chi connectivity index (χ3v) is 0. The monoisotopic (exact) mass is 210 g/mol. The van der Waals surface area contributed by atoms with Crippen LogP contribution in [-0.4, -0.2) is 0 Å². The van der Waals surface area contributed by atoms with Gasteiger partial charge in [0.05, 0.1) is 0 Å². The molecule has 0 atom stereocenters. The molecule has 0 radical (unpaired) electrons. The van der Waals surface area contributed by atoms with E-state index in [-0.39, 0.29) is 35.3 Å². The van der Waals surface area contributed by atoms with E-state index in [0.717, 1.165) is 0 Å². The summed E-state index contributed by atoms with van der Waals surface area (Å²) in [5.74, 6) is 0. The molecule has 0 saturated heterocycles. The second-order valence-corrected chi connectivity index (χ2v) is 0. The molecule has 0 bridgehead atoms. The summed E-state index contributed by atoms with van der Waals surface area (Å²) in [5.41, 5.74) is 0. The van der Waals surface area contributed by atoms with Crippen LogP contribution in [0.4, 0.5) is 0 Å². The van der Waals surface area contributed by atoms with Crippen molar-refractivity contribution in [2.75, 3.05) is 0 Å². The van der Waals surface area contributed by atoms with E-state index in [1.54, 1.807) is 0 Å². The van der Waals surface area contributed by atoms with E-state index in [9.17, 15) is 0 Å². The molecule has 5 heteroatoms. The zero-order valence-electron chi connectivity index (χ0n) is 2.19. The zero-order chi connectivity index (χ0) is 4.00. The fourth-order valence-electron chi connectivity index (χ4n) is 0. The molecule has 0 aromatic carbocycles. The molecule has 0 saturated carbocycles. The Bertz CT molecular complexity index is 11.6. The molecular weight excluding hydrogens is 212 g/mol. The summed E-state index contributed by atoms with van der Waals surface area (Å²) in [7, 11) is 0. The van der Waals surface area contributed by atoms with Crippen LogP contribution in [0.3, 0.4) is 0 Å². The Hall–Kier alpha value is 1.24. The number of hydrogen-bond acceptors (Lipinski definition) is 2.